The average molecular weight is 1050 g/mol. The van der Waals surface area contributed by atoms with Crippen LogP contribution in [0, 0.1) is 27.7 Å². The lowest BCUT2D eigenvalue weighted by Gasteiger charge is -2.32. The third kappa shape index (κ3) is 11.5. The summed E-state index contributed by atoms with van der Waals surface area (Å²) in [5.41, 5.74) is 5.61. The Bertz CT molecular complexity index is 3390. The van der Waals surface area contributed by atoms with Crippen molar-refractivity contribution in [2.75, 3.05) is 33.8 Å². The first-order chi connectivity index (χ1) is 35.3. The number of amidine groups is 1. The van der Waals surface area contributed by atoms with Crippen molar-refractivity contribution in [2.24, 2.45) is 4.40 Å². The Kier molecular flexibility index (Phi) is 16.7. The van der Waals surface area contributed by atoms with E-state index in [1.807, 2.05) is 54.5 Å². The van der Waals surface area contributed by atoms with Crippen LogP contribution in [-0.4, -0.2) is 113 Å². The van der Waals surface area contributed by atoms with E-state index in [-0.39, 0.29) is 28.3 Å². The fraction of sp³-hybridized carbons (Fsp3) is 0.327. The Morgan fingerprint density at radius 1 is 0.662 bits per heavy atom. The van der Waals surface area contributed by atoms with E-state index in [9.17, 15) is 17.4 Å². The summed E-state index contributed by atoms with van der Waals surface area (Å²) in [4.78, 5) is 39.2. The van der Waals surface area contributed by atoms with Crippen molar-refractivity contribution in [3.8, 4) is 40.1 Å². The predicted octanol–water partition coefficient (Wildman–Crippen LogP) is 7.14. The lowest BCUT2D eigenvalue weighted by molar-refractivity contribution is 0.0977. The van der Waals surface area contributed by atoms with E-state index in [1.165, 1.54) is 34.6 Å². The van der Waals surface area contributed by atoms with Gasteiger partial charge >= 0.3 is 0 Å². The first-order valence-corrected chi connectivity index (χ1v) is 26.7. The molecule has 5 aromatic heterocycles. The van der Waals surface area contributed by atoms with Gasteiger partial charge in [0.25, 0.3) is 5.91 Å². The monoisotopic (exact) mass is 1040 g/mol. The van der Waals surface area contributed by atoms with Gasteiger partial charge < -0.3 is 29.6 Å². The minimum atomic E-state index is -3.72. The van der Waals surface area contributed by atoms with Gasteiger partial charge in [-0.2, -0.15) is 4.40 Å². The molecule has 1 unspecified atom stereocenters. The Balaban J connectivity index is 0.000000216. The number of methoxy groups -OCH3 is 4. The number of carbonyl (C=O) groups excluding carboxylic acids is 1. The molecule has 0 saturated heterocycles. The molecule has 74 heavy (non-hydrogen) atoms. The third-order valence-electron chi connectivity index (χ3n) is 12.5. The molecule has 0 radical (unpaired) electrons. The third-order valence-corrected chi connectivity index (χ3v) is 17.4. The van der Waals surface area contributed by atoms with Crippen molar-refractivity contribution in [1.82, 2.24) is 50.0 Å². The summed E-state index contributed by atoms with van der Waals surface area (Å²) in [5, 5.41) is 13.4. The summed E-state index contributed by atoms with van der Waals surface area (Å²) < 4.78 is 70.0. The zero-order valence-corrected chi connectivity index (χ0v) is 44.9. The van der Waals surface area contributed by atoms with Gasteiger partial charge in [-0.1, -0.05) is 26.0 Å². The quantitative estimate of drug-likeness (QED) is 0.0912. The number of pyridine rings is 2. The van der Waals surface area contributed by atoms with Crippen LogP contribution in [0.2, 0.25) is 0 Å². The first kappa shape index (κ1) is 53.9. The lowest BCUT2D eigenvalue weighted by Crippen LogP contribution is -2.52. The van der Waals surface area contributed by atoms with Crippen molar-refractivity contribution in [2.45, 2.75) is 83.5 Å². The Morgan fingerprint density at radius 3 is 1.70 bits per heavy atom. The summed E-state index contributed by atoms with van der Waals surface area (Å²) in [6.07, 6.45) is 13.3. The number of sulfone groups is 1. The zero-order chi connectivity index (χ0) is 53.5. The second-order valence-electron chi connectivity index (χ2n) is 17.8. The predicted molar refractivity (Wildman–Crippen MR) is 285 cm³/mol. The van der Waals surface area contributed by atoms with Gasteiger partial charge in [-0.15, -0.1) is 10.2 Å². The van der Waals surface area contributed by atoms with E-state index in [0.29, 0.717) is 63.0 Å². The molecule has 6 heterocycles. The second kappa shape index (κ2) is 22.9. The molecule has 0 fully saturated rings. The molecule has 2 N–H and O–H groups in total. The highest BCUT2D eigenvalue weighted by molar-refractivity contribution is 8.05. The molecule has 0 saturated carbocycles. The van der Waals surface area contributed by atoms with Crippen LogP contribution in [0.4, 0.5) is 5.69 Å². The Labute approximate surface area is 431 Å². The van der Waals surface area contributed by atoms with Gasteiger partial charge in [-0.3, -0.25) is 19.3 Å². The highest BCUT2D eigenvalue weighted by Gasteiger charge is 2.40. The van der Waals surface area contributed by atoms with Gasteiger partial charge in [0.05, 0.1) is 44.5 Å². The second-order valence-corrected chi connectivity index (χ2v) is 22.6. The van der Waals surface area contributed by atoms with Gasteiger partial charge in [0, 0.05) is 67.0 Å². The molecule has 1 aliphatic heterocycles. The molecule has 0 spiro atoms. The molecule has 1 aliphatic rings. The molecule has 20 nitrogen and oxygen atoms in total. The fourth-order valence-electron chi connectivity index (χ4n) is 7.91. The van der Waals surface area contributed by atoms with E-state index < -0.39 is 41.9 Å². The van der Waals surface area contributed by atoms with Crippen molar-refractivity contribution in [3.05, 3.63) is 143 Å². The smallest absolute Gasteiger partial charge is 0.257 e. The number of para-hydroxylation sites is 2. The molecule has 0 bridgehead atoms. The number of nitrogens with one attached hydrogen (secondary N) is 2. The van der Waals surface area contributed by atoms with Crippen LogP contribution < -0.4 is 29.6 Å². The minimum Gasteiger partial charge on any atom is -0.494 e. The maximum atomic E-state index is 14.3. The van der Waals surface area contributed by atoms with Crippen LogP contribution in [0.15, 0.2) is 103 Å². The summed E-state index contributed by atoms with van der Waals surface area (Å²) in [6, 6.07) is 14.3. The Morgan fingerprint density at radius 2 is 1.18 bits per heavy atom. The topological polar surface area (TPSA) is 250 Å². The summed E-state index contributed by atoms with van der Waals surface area (Å²) in [6.45, 7) is 14.7. The number of benzene rings is 2. The first-order valence-electron chi connectivity index (χ1n) is 23.4. The molecule has 2 aromatic carbocycles. The highest BCUT2D eigenvalue weighted by Crippen LogP contribution is 2.38. The number of aromatic nitrogens is 9. The van der Waals surface area contributed by atoms with E-state index in [1.54, 1.807) is 97.3 Å². The van der Waals surface area contributed by atoms with Gasteiger partial charge in [0.1, 0.15) is 61.5 Å². The molecule has 7 aromatic rings. The normalized spacial score (nSPS) is 15.7. The molecule has 8 rings (SSSR count). The lowest BCUT2D eigenvalue weighted by atomic mass is 10.1. The number of aryl methyl sites for hydroxylation is 4. The van der Waals surface area contributed by atoms with Crippen LogP contribution >= 0.6 is 0 Å². The van der Waals surface area contributed by atoms with Crippen LogP contribution in [0.3, 0.4) is 0 Å². The van der Waals surface area contributed by atoms with Crippen molar-refractivity contribution in [1.29, 1.82) is 0 Å². The highest BCUT2D eigenvalue weighted by atomic mass is 32.2. The standard InChI is InChI=1S/2C26H30N6O4S/c1-16-10-20(14-27-11-16)26-31-30-23(32(26)24-21(35-5)8-7-9-22(24)36-6)15-37(33,34)19(4)18(3)25-28-12-17(2)13-29-25;1-15-10-19(14-27-11-15)25(33)31-26-24(30-22-20(35-5)8-7-9-21(22)36-6)32-37(26,34)18(4)17(3)23-28-12-16(2)13-29-23/h7-14,18-19H,15H2,1-6H3;7-14,17-18H,1-6H3,(H,31,33)(H,30,32,34)/t18-,19-;17-,18-,37?/m00/s1. The molecule has 1 amide bonds. The Hall–Kier alpha value is -7.85. The number of hydrogen-bond donors (Lipinski definition) is 2. The molecular formula is C52H60N12O8S2. The van der Waals surface area contributed by atoms with Gasteiger partial charge in [0.15, 0.2) is 32.3 Å². The zero-order valence-electron chi connectivity index (χ0n) is 43.3. The van der Waals surface area contributed by atoms with Gasteiger partial charge in [-0.05, 0) is 100 Å². The summed E-state index contributed by atoms with van der Waals surface area (Å²) >= 11 is 0. The largest absolute Gasteiger partial charge is 0.494 e. The number of carbonyl (C=O) groups is 1. The number of nitrogens with zero attached hydrogens (tertiary/aromatic N) is 10. The number of amides is 1. The molecule has 388 valence electrons. The van der Waals surface area contributed by atoms with Gasteiger partial charge in [-0.25, -0.2) is 32.6 Å². The van der Waals surface area contributed by atoms with Crippen LogP contribution in [0.25, 0.3) is 17.1 Å². The summed E-state index contributed by atoms with van der Waals surface area (Å²) in [5.74, 6) is 2.37. The van der Waals surface area contributed by atoms with Crippen molar-refractivity contribution < 1.29 is 36.4 Å². The minimum absolute atomic E-state index is 0.193. The summed E-state index contributed by atoms with van der Waals surface area (Å²) in [7, 11) is -0.626. The molecule has 0 aliphatic carbocycles. The number of anilines is 1. The van der Waals surface area contributed by atoms with Crippen molar-refractivity contribution >= 4 is 42.0 Å². The maximum absolute atomic E-state index is 14.3. The van der Waals surface area contributed by atoms with E-state index in [4.69, 9.17) is 18.9 Å². The van der Waals surface area contributed by atoms with Crippen LogP contribution in [0.5, 0.6) is 23.0 Å². The van der Waals surface area contributed by atoms with Crippen LogP contribution in [-0.2, 0) is 25.3 Å². The van der Waals surface area contributed by atoms with E-state index >= 15 is 0 Å². The molecule has 22 heteroatoms. The SMILES string of the molecule is COc1cccc(OC)c1-n1c(CS(=O)(=O)[C@@H](C)[C@H](C)c2ncc(C)cn2)nnc1-c1cncc(C)c1.COc1cccc(OC)c1NC1=NS(=O)([C@@H](C)[C@H](C)c2ncc(C)cn2)=C1NC(=O)c1cncc(C)c1. The number of rotatable bonds is 16. The van der Waals surface area contributed by atoms with Gasteiger partial charge in [0.2, 0.25) is 0 Å². The van der Waals surface area contributed by atoms with Crippen LogP contribution in [0.1, 0.15) is 89.6 Å². The average Bonchev–Trinajstić information content (AvgIpc) is 3.81. The van der Waals surface area contributed by atoms with E-state index in [0.717, 1.165) is 22.3 Å². The maximum Gasteiger partial charge on any atom is 0.257 e. The molecule has 5 atom stereocenters. The number of ether oxygens (including phenoxy) is 4. The number of hydrogen-bond acceptors (Lipinski definition) is 17. The van der Waals surface area contributed by atoms with E-state index in [2.05, 4.69) is 55.1 Å². The molecular weight excluding hydrogens is 985 g/mol. The van der Waals surface area contributed by atoms with Crippen molar-refractivity contribution in [3.63, 3.8) is 0 Å². The fourth-order valence-corrected chi connectivity index (χ4v) is 11.7.